The monoisotopic (exact) mass is 474 g/mol. The van der Waals surface area contributed by atoms with E-state index in [-0.39, 0.29) is 18.2 Å². The molecule has 0 bridgehead atoms. The Morgan fingerprint density at radius 2 is 1.80 bits per heavy atom. The van der Waals surface area contributed by atoms with Crippen molar-refractivity contribution in [2.24, 2.45) is 28.0 Å². The fourth-order valence-corrected chi connectivity index (χ4v) is 4.52. The molecule has 0 aliphatic carbocycles. The molecule has 2 aromatic rings. The number of rotatable bonds is 9. The highest BCUT2D eigenvalue weighted by molar-refractivity contribution is 6.20. The van der Waals surface area contributed by atoms with Crippen LogP contribution >= 0.6 is 0 Å². The number of fused-ring (bicyclic) bond motifs is 1. The van der Waals surface area contributed by atoms with Gasteiger partial charge in [0.25, 0.3) is 5.91 Å². The Balaban J connectivity index is 2.07. The standard InChI is InChI=1S/C28H34N4O3/c1-6-16-28(4,27(29)35)21(17-18(2)3)25(33)31-24-26(34)32(5)22-15-11-10-14-20(22)23(30-24)19-12-8-7-9-13-19/h6-15,18,21,24H,1,16-17H2,2-5H3,(H2,29,35)(H,31,33)/t21-,24+,28+/m0/s1. The Labute approximate surface area is 207 Å². The number of nitrogens with one attached hydrogen (secondary N) is 1. The van der Waals surface area contributed by atoms with Gasteiger partial charge in [-0.1, -0.05) is 68.5 Å². The molecular weight excluding hydrogens is 440 g/mol. The summed E-state index contributed by atoms with van der Waals surface area (Å²) in [6, 6.07) is 17.0. The zero-order valence-corrected chi connectivity index (χ0v) is 20.8. The first-order chi connectivity index (χ1) is 16.6. The third-order valence-corrected chi connectivity index (χ3v) is 6.59. The Morgan fingerprint density at radius 1 is 1.17 bits per heavy atom. The summed E-state index contributed by atoms with van der Waals surface area (Å²) in [6.07, 6.45) is 1.10. The van der Waals surface area contributed by atoms with Gasteiger partial charge in [0.1, 0.15) is 0 Å². The number of allylic oxidation sites excluding steroid dienone is 1. The van der Waals surface area contributed by atoms with Gasteiger partial charge >= 0.3 is 0 Å². The molecule has 184 valence electrons. The van der Waals surface area contributed by atoms with Crippen molar-refractivity contribution in [3.8, 4) is 0 Å². The number of hydrogen-bond acceptors (Lipinski definition) is 4. The van der Waals surface area contributed by atoms with Gasteiger partial charge in [-0.3, -0.25) is 14.4 Å². The van der Waals surface area contributed by atoms with Gasteiger partial charge in [-0.15, -0.1) is 6.58 Å². The molecule has 0 aromatic heterocycles. The van der Waals surface area contributed by atoms with Crippen LogP contribution in [0.15, 0.2) is 72.2 Å². The lowest BCUT2D eigenvalue weighted by molar-refractivity contribution is -0.141. The number of likely N-dealkylation sites (N-methyl/N-ethyl adjacent to an activating group) is 1. The van der Waals surface area contributed by atoms with Crippen molar-refractivity contribution >= 4 is 29.1 Å². The smallest absolute Gasteiger partial charge is 0.272 e. The van der Waals surface area contributed by atoms with E-state index >= 15 is 0 Å². The summed E-state index contributed by atoms with van der Waals surface area (Å²) in [7, 11) is 1.67. The van der Waals surface area contributed by atoms with E-state index in [4.69, 9.17) is 10.7 Å². The van der Waals surface area contributed by atoms with Gasteiger partial charge in [-0.05, 0) is 31.7 Å². The van der Waals surface area contributed by atoms with E-state index in [1.807, 2.05) is 68.4 Å². The van der Waals surface area contributed by atoms with Crippen LogP contribution in [0.3, 0.4) is 0 Å². The molecule has 0 unspecified atom stereocenters. The molecule has 7 heteroatoms. The Bertz CT molecular complexity index is 1140. The average molecular weight is 475 g/mol. The molecule has 1 heterocycles. The van der Waals surface area contributed by atoms with Crippen molar-refractivity contribution < 1.29 is 14.4 Å². The minimum atomic E-state index is -1.16. The number of nitrogens with two attached hydrogens (primary N) is 1. The molecule has 1 aliphatic rings. The minimum Gasteiger partial charge on any atom is -0.369 e. The maximum absolute atomic E-state index is 13.7. The normalized spacial score (nSPS) is 18.1. The van der Waals surface area contributed by atoms with E-state index in [0.717, 1.165) is 11.1 Å². The zero-order chi connectivity index (χ0) is 25.8. The second-order valence-corrected chi connectivity index (χ2v) is 9.63. The molecule has 3 rings (SSSR count). The van der Waals surface area contributed by atoms with Crippen LogP contribution in [0, 0.1) is 17.3 Å². The second kappa shape index (κ2) is 10.7. The lowest BCUT2D eigenvalue weighted by Gasteiger charge is -2.35. The maximum Gasteiger partial charge on any atom is 0.272 e. The lowest BCUT2D eigenvalue weighted by Crippen LogP contribution is -2.53. The maximum atomic E-state index is 13.7. The van der Waals surface area contributed by atoms with Crippen molar-refractivity contribution in [3.63, 3.8) is 0 Å². The largest absolute Gasteiger partial charge is 0.369 e. The van der Waals surface area contributed by atoms with Gasteiger partial charge in [-0.25, -0.2) is 4.99 Å². The van der Waals surface area contributed by atoms with E-state index in [9.17, 15) is 14.4 Å². The van der Waals surface area contributed by atoms with E-state index in [0.29, 0.717) is 17.8 Å². The summed E-state index contributed by atoms with van der Waals surface area (Å²) in [5.74, 6) is -2.02. The molecular formula is C28H34N4O3. The summed E-state index contributed by atoms with van der Waals surface area (Å²) in [5, 5.41) is 2.84. The third-order valence-electron chi connectivity index (χ3n) is 6.59. The first-order valence-electron chi connectivity index (χ1n) is 11.8. The van der Waals surface area contributed by atoms with Crippen LogP contribution < -0.4 is 16.0 Å². The molecule has 0 spiro atoms. The van der Waals surface area contributed by atoms with Gasteiger partial charge < -0.3 is 16.0 Å². The van der Waals surface area contributed by atoms with Crippen molar-refractivity contribution in [3.05, 3.63) is 78.4 Å². The van der Waals surface area contributed by atoms with Crippen molar-refractivity contribution in [2.75, 3.05) is 11.9 Å². The molecule has 0 radical (unpaired) electrons. The number of nitrogens with zero attached hydrogens (tertiary/aromatic N) is 2. The molecule has 3 N–H and O–H groups in total. The number of benzodiazepines with no additional fused rings is 1. The average Bonchev–Trinajstić information content (AvgIpc) is 2.93. The number of hydrogen-bond donors (Lipinski definition) is 2. The van der Waals surface area contributed by atoms with Gasteiger partial charge in [-0.2, -0.15) is 0 Å². The van der Waals surface area contributed by atoms with Crippen LogP contribution in [0.25, 0.3) is 0 Å². The van der Waals surface area contributed by atoms with Crippen molar-refractivity contribution in [1.82, 2.24) is 5.32 Å². The molecule has 0 saturated heterocycles. The molecule has 35 heavy (non-hydrogen) atoms. The number of para-hydroxylation sites is 1. The van der Waals surface area contributed by atoms with Crippen LogP contribution in [0.1, 0.15) is 44.7 Å². The van der Waals surface area contributed by atoms with Crippen LogP contribution in [-0.2, 0) is 14.4 Å². The molecule has 3 amide bonds. The Morgan fingerprint density at radius 3 is 2.40 bits per heavy atom. The van der Waals surface area contributed by atoms with Gasteiger partial charge in [0, 0.05) is 18.2 Å². The summed E-state index contributed by atoms with van der Waals surface area (Å²) in [4.78, 5) is 45.9. The van der Waals surface area contributed by atoms with Gasteiger partial charge in [0.05, 0.1) is 22.7 Å². The number of anilines is 1. The Hall–Kier alpha value is -3.74. The molecule has 0 saturated carbocycles. The number of carbonyl (C=O) groups excluding carboxylic acids is 3. The van der Waals surface area contributed by atoms with Gasteiger partial charge in [0.2, 0.25) is 18.0 Å². The predicted molar refractivity (Wildman–Crippen MR) is 139 cm³/mol. The summed E-state index contributed by atoms with van der Waals surface area (Å²) >= 11 is 0. The summed E-state index contributed by atoms with van der Waals surface area (Å²) in [6.45, 7) is 9.37. The van der Waals surface area contributed by atoms with Crippen LogP contribution in [0.5, 0.6) is 0 Å². The fourth-order valence-electron chi connectivity index (χ4n) is 4.52. The number of benzene rings is 2. The lowest BCUT2D eigenvalue weighted by atomic mass is 9.70. The van der Waals surface area contributed by atoms with E-state index < -0.39 is 29.3 Å². The first kappa shape index (κ1) is 25.9. The fraction of sp³-hybridized carbons (Fsp3) is 0.357. The Kier molecular flexibility index (Phi) is 7.89. The first-order valence-corrected chi connectivity index (χ1v) is 11.8. The second-order valence-electron chi connectivity index (χ2n) is 9.63. The van der Waals surface area contributed by atoms with E-state index in [1.165, 1.54) is 4.90 Å². The quantitative estimate of drug-likeness (QED) is 0.542. The highest BCUT2D eigenvalue weighted by atomic mass is 16.2. The number of carbonyl (C=O) groups is 3. The number of amides is 3. The van der Waals surface area contributed by atoms with Crippen molar-refractivity contribution in [1.29, 1.82) is 0 Å². The SMILES string of the molecule is C=CC[C@@](C)(C(N)=O)[C@@H](CC(C)C)C(=O)N[C@H]1N=C(c2ccccc2)c2ccccc2N(C)C1=O. The van der Waals surface area contributed by atoms with Gasteiger partial charge in [0.15, 0.2) is 0 Å². The molecule has 7 nitrogen and oxygen atoms in total. The van der Waals surface area contributed by atoms with Crippen LogP contribution in [0.2, 0.25) is 0 Å². The third kappa shape index (κ3) is 5.34. The molecule has 0 fully saturated rings. The highest BCUT2D eigenvalue weighted by Crippen LogP contribution is 2.36. The zero-order valence-electron chi connectivity index (χ0n) is 20.8. The summed E-state index contributed by atoms with van der Waals surface area (Å²) in [5.41, 5.74) is 7.54. The van der Waals surface area contributed by atoms with Crippen LogP contribution in [-0.4, -0.2) is 36.6 Å². The van der Waals surface area contributed by atoms with E-state index in [2.05, 4.69) is 11.9 Å². The molecule has 1 aliphatic heterocycles. The number of primary amides is 1. The molecule has 2 aromatic carbocycles. The highest BCUT2D eigenvalue weighted by Gasteiger charge is 2.44. The predicted octanol–water partition coefficient (Wildman–Crippen LogP) is 3.67. The topological polar surface area (TPSA) is 105 Å². The molecule has 3 atom stereocenters. The number of aliphatic imine (C=N–C) groups is 1. The van der Waals surface area contributed by atoms with Crippen LogP contribution in [0.4, 0.5) is 5.69 Å². The minimum absolute atomic E-state index is 0.120. The summed E-state index contributed by atoms with van der Waals surface area (Å²) < 4.78 is 0. The van der Waals surface area contributed by atoms with Crippen molar-refractivity contribution in [2.45, 2.75) is 39.8 Å². The van der Waals surface area contributed by atoms with E-state index in [1.54, 1.807) is 20.0 Å².